The smallest absolute Gasteiger partial charge is 0.262 e. The largest absolute Gasteiger partial charge is 0.490 e. The Labute approximate surface area is 173 Å². The third-order valence-corrected chi connectivity index (χ3v) is 5.20. The van der Waals surface area contributed by atoms with E-state index in [1.54, 1.807) is 0 Å². The fourth-order valence-corrected chi connectivity index (χ4v) is 3.60. The number of benzene rings is 2. The minimum Gasteiger partial charge on any atom is -0.490 e. The lowest BCUT2D eigenvalue weighted by Gasteiger charge is -2.23. The van der Waals surface area contributed by atoms with Crippen molar-refractivity contribution in [2.24, 2.45) is 0 Å². The maximum atomic E-state index is 12.2. The highest BCUT2D eigenvalue weighted by molar-refractivity contribution is 5.91. The van der Waals surface area contributed by atoms with Gasteiger partial charge in [0, 0.05) is 18.3 Å². The quantitative estimate of drug-likeness (QED) is 0.637. The van der Waals surface area contributed by atoms with E-state index < -0.39 is 0 Å². The van der Waals surface area contributed by atoms with E-state index in [1.807, 2.05) is 56.3 Å². The summed E-state index contributed by atoms with van der Waals surface area (Å²) >= 11 is 0. The number of nitrogens with one attached hydrogen (secondary N) is 2. The van der Waals surface area contributed by atoms with Crippen LogP contribution in [0, 0.1) is 6.92 Å². The summed E-state index contributed by atoms with van der Waals surface area (Å²) in [5.41, 5.74) is 3.08. The summed E-state index contributed by atoms with van der Waals surface area (Å²) in [4.78, 5) is 12.2. The molecule has 2 aromatic carbocycles. The number of carbonyl (C=O) groups excluding carboxylic acids is 1. The van der Waals surface area contributed by atoms with Gasteiger partial charge in [-0.25, -0.2) is 0 Å². The Morgan fingerprint density at radius 2 is 1.76 bits per heavy atom. The Balaban J connectivity index is 1.54. The predicted octanol–water partition coefficient (Wildman–Crippen LogP) is 4.83. The first-order valence-electron chi connectivity index (χ1n) is 10.6. The molecular weight excluding hydrogens is 364 g/mol. The molecule has 2 aromatic rings. The van der Waals surface area contributed by atoms with E-state index in [2.05, 4.69) is 10.6 Å². The molecule has 0 saturated heterocycles. The van der Waals surface area contributed by atoms with Crippen LogP contribution in [0.15, 0.2) is 42.5 Å². The molecule has 0 atom stereocenters. The van der Waals surface area contributed by atoms with E-state index in [4.69, 9.17) is 9.47 Å². The van der Waals surface area contributed by atoms with Gasteiger partial charge in [-0.15, -0.1) is 0 Å². The van der Waals surface area contributed by atoms with Gasteiger partial charge in [0.2, 0.25) is 0 Å². The number of hydrogen-bond acceptors (Lipinski definition) is 4. The van der Waals surface area contributed by atoms with Crippen molar-refractivity contribution in [3.63, 3.8) is 0 Å². The third kappa shape index (κ3) is 6.79. The van der Waals surface area contributed by atoms with Gasteiger partial charge in [0.15, 0.2) is 18.1 Å². The second-order valence-corrected chi connectivity index (χ2v) is 7.63. The van der Waals surface area contributed by atoms with Gasteiger partial charge in [0.05, 0.1) is 6.61 Å². The molecule has 29 heavy (non-hydrogen) atoms. The van der Waals surface area contributed by atoms with Crippen molar-refractivity contribution in [3.8, 4) is 11.5 Å². The van der Waals surface area contributed by atoms with Crippen LogP contribution in [-0.2, 0) is 11.3 Å². The Bertz CT molecular complexity index is 783. The number of amides is 1. The molecule has 0 aromatic heterocycles. The first-order valence-corrected chi connectivity index (χ1v) is 10.6. The zero-order valence-electron chi connectivity index (χ0n) is 17.5. The average molecular weight is 397 g/mol. The van der Waals surface area contributed by atoms with Crippen LogP contribution in [0.2, 0.25) is 0 Å². The number of aryl methyl sites for hydroxylation is 1. The van der Waals surface area contributed by atoms with Gasteiger partial charge in [-0.1, -0.05) is 43.0 Å². The molecule has 1 fully saturated rings. The van der Waals surface area contributed by atoms with E-state index in [-0.39, 0.29) is 12.5 Å². The van der Waals surface area contributed by atoms with E-state index in [1.165, 1.54) is 32.1 Å². The predicted molar refractivity (Wildman–Crippen MR) is 117 cm³/mol. The summed E-state index contributed by atoms with van der Waals surface area (Å²) in [7, 11) is 0. The molecule has 1 aliphatic carbocycles. The maximum Gasteiger partial charge on any atom is 0.262 e. The number of ether oxygens (including phenoxy) is 2. The molecular formula is C24H32N2O3. The Morgan fingerprint density at radius 1 is 1.00 bits per heavy atom. The fraction of sp³-hybridized carbons (Fsp3) is 0.458. The highest BCUT2D eigenvalue weighted by Crippen LogP contribution is 2.29. The molecule has 0 heterocycles. The minimum atomic E-state index is -0.195. The maximum absolute atomic E-state index is 12.2. The van der Waals surface area contributed by atoms with Crippen LogP contribution in [-0.4, -0.2) is 25.2 Å². The van der Waals surface area contributed by atoms with Gasteiger partial charge in [-0.3, -0.25) is 4.79 Å². The SMILES string of the molecule is CCOc1cc(CNC2CCCCC2)ccc1OCC(=O)Nc1ccc(C)cc1. The van der Waals surface area contributed by atoms with Crippen LogP contribution in [0.5, 0.6) is 11.5 Å². The highest BCUT2D eigenvalue weighted by Gasteiger charge is 2.14. The lowest BCUT2D eigenvalue weighted by molar-refractivity contribution is -0.118. The molecule has 2 N–H and O–H groups in total. The Morgan fingerprint density at radius 3 is 2.48 bits per heavy atom. The van der Waals surface area contributed by atoms with Crippen LogP contribution < -0.4 is 20.1 Å². The number of anilines is 1. The van der Waals surface area contributed by atoms with E-state index >= 15 is 0 Å². The van der Waals surface area contributed by atoms with Crippen LogP contribution in [0.25, 0.3) is 0 Å². The van der Waals surface area contributed by atoms with Gasteiger partial charge >= 0.3 is 0 Å². The molecule has 0 aliphatic heterocycles. The van der Waals surface area contributed by atoms with Crippen LogP contribution >= 0.6 is 0 Å². The molecule has 0 radical (unpaired) electrons. The summed E-state index contributed by atoms with van der Waals surface area (Å²) < 4.78 is 11.5. The first kappa shape index (κ1) is 21.2. The lowest BCUT2D eigenvalue weighted by atomic mass is 9.95. The van der Waals surface area contributed by atoms with E-state index in [9.17, 15) is 4.79 Å². The Kier molecular flexibility index (Phi) is 7.94. The summed E-state index contributed by atoms with van der Waals surface area (Å²) in [6.45, 7) is 5.26. The lowest BCUT2D eigenvalue weighted by Crippen LogP contribution is -2.30. The van der Waals surface area contributed by atoms with Crippen LogP contribution in [0.1, 0.15) is 50.2 Å². The van der Waals surface area contributed by atoms with E-state index in [0.717, 1.165) is 23.4 Å². The van der Waals surface area contributed by atoms with Crippen molar-refractivity contribution in [2.45, 2.75) is 58.5 Å². The summed E-state index contributed by atoms with van der Waals surface area (Å²) in [6, 6.07) is 14.2. The van der Waals surface area contributed by atoms with Gasteiger partial charge < -0.3 is 20.1 Å². The second kappa shape index (κ2) is 10.9. The Hall–Kier alpha value is -2.53. The fourth-order valence-electron chi connectivity index (χ4n) is 3.60. The number of carbonyl (C=O) groups is 1. The summed E-state index contributed by atoms with van der Waals surface area (Å²) in [5.74, 6) is 1.07. The van der Waals surface area contributed by atoms with Crippen LogP contribution in [0.3, 0.4) is 0 Å². The molecule has 1 saturated carbocycles. The van der Waals surface area contributed by atoms with Crippen molar-refractivity contribution in [1.29, 1.82) is 0 Å². The molecule has 0 spiro atoms. The molecule has 0 unspecified atom stereocenters. The van der Waals surface area contributed by atoms with Gasteiger partial charge in [-0.2, -0.15) is 0 Å². The molecule has 3 rings (SSSR count). The second-order valence-electron chi connectivity index (χ2n) is 7.63. The van der Waals surface area contributed by atoms with Crippen molar-refractivity contribution >= 4 is 11.6 Å². The van der Waals surface area contributed by atoms with Gasteiger partial charge in [-0.05, 0) is 56.5 Å². The molecule has 0 bridgehead atoms. The van der Waals surface area contributed by atoms with Crippen molar-refractivity contribution in [2.75, 3.05) is 18.5 Å². The monoisotopic (exact) mass is 396 g/mol. The summed E-state index contributed by atoms with van der Waals surface area (Å²) in [5, 5.41) is 6.49. The molecule has 156 valence electrons. The minimum absolute atomic E-state index is 0.0619. The molecule has 1 aliphatic rings. The van der Waals surface area contributed by atoms with Crippen molar-refractivity contribution in [3.05, 3.63) is 53.6 Å². The zero-order chi connectivity index (χ0) is 20.5. The van der Waals surface area contributed by atoms with Crippen molar-refractivity contribution < 1.29 is 14.3 Å². The number of rotatable bonds is 9. The number of hydrogen-bond donors (Lipinski definition) is 2. The molecule has 5 heteroatoms. The first-order chi connectivity index (χ1) is 14.1. The van der Waals surface area contributed by atoms with Crippen LogP contribution in [0.4, 0.5) is 5.69 Å². The van der Waals surface area contributed by atoms with E-state index in [0.29, 0.717) is 24.1 Å². The van der Waals surface area contributed by atoms with Crippen molar-refractivity contribution in [1.82, 2.24) is 5.32 Å². The third-order valence-electron chi connectivity index (χ3n) is 5.20. The normalized spacial score (nSPS) is 14.4. The highest BCUT2D eigenvalue weighted by atomic mass is 16.5. The van der Waals surface area contributed by atoms with Gasteiger partial charge in [0.1, 0.15) is 0 Å². The topological polar surface area (TPSA) is 59.6 Å². The molecule has 1 amide bonds. The average Bonchev–Trinajstić information content (AvgIpc) is 2.74. The summed E-state index contributed by atoms with van der Waals surface area (Å²) in [6.07, 6.45) is 6.51. The standard InChI is InChI=1S/C24H32N2O3/c1-3-28-23-15-19(16-25-20-7-5-4-6-8-20)11-14-22(23)29-17-24(27)26-21-12-9-18(2)10-13-21/h9-15,20,25H,3-8,16-17H2,1-2H3,(H,26,27). The zero-order valence-corrected chi connectivity index (χ0v) is 17.5. The molecule has 5 nitrogen and oxygen atoms in total. The van der Waals surface area contributed by atoms with Gasteiger partial charge in [0.25, 0.3) is 5.91 Å².